The Kier molecular flexibility index (Phi) is 12.3. The predicted molar refractivity (Wildman–Crippen MR) is 94.8 cm³/mol. The van der Waals surface area contributed by atoms with Gasteiger partial charge < -0.3 is 35.6 Å². The lowest BCUT2D eigenvalue weighted by molar-refractivity contribution is -0.298. The van der Waals surface area contributed by atoms with Gasteiger partial charge in [0.15, 0.2) is 6.29 Å². The van der Waals surface area contributed by atoms with Crippen molar-refractivity contribution in [2.45, 2.75) is 82.1 Å². The van der Waals surface area contributed by atoms with Crippen LogP contribution in [0.15, 0.2) is 12.2 Å². The highest BCUT2D eigenvalue weighted by molar-refractivity contribution is 4.89. The molecule has 1 aliphatic rings. The second-order valence-electron chi connectivity index (χ2n) is 6.55. The van der Waals surface area contributed by atoms with Crippen molar-refractivity contribution in [1.82, 2.24) is 0 Å². The molecule has 0 bridgehead atoms. The first-order chi connectivity index (χ1) is 12.1. The van der Waals surface area contributed by atoms with Gasteiger partial charge in [-0.15, -0.1) is 0 Å². The Bertz CT molecular complexity index is 352. The van der Waals surface area contributed by atoms with Crippen LogP contribution in [0.1, 0.15) is 51.4 Å². The van der Waals surface area contributed by atoms with Crippen LogP contribution in [0.4, 0.5) is 0 Å². The Balaban J connectivity index is 2.07. The number of aliphatic hydroxyl groups excluding tert-OH is 4. The molecule has 1 heterocycles. The highest BCUT2D eigenvalue weighted by Gasteiger charge is 2.43. The molecule has 1 rings (SSSR count). The summed E-state index contributed by atoms with van der Waals surface area (Å²) in [4.78, 5) is 0. The molecule has 0 amide bonds. The summed E-state index contributed by atoms with van der Waals surface area (Å²) in [5, 5.41) is 38.3. The Hall–Kier alpha value is -0.540. The van der Waals surface area contributed by atoms with Crippen molar-refractivity contribution in [1.29, 1.82) is 0 Å². The molecule has 1 saturated heterocycles. The Morgan fingerprint density at radius 1 is 0.840 bits per heavy atom. The van der Waals surface area contributed by atoms with Crippen molar-refractivity contribution in [2.24, 2.45) is 5.73 Å². The van der Waals surface area contributed by atoms with E-state index in [0.29, 0.717) is 0 Å². The molecular weight excluding hydrogens is 326 g/mol. The maximum atomic E-state index is 9.83. The zero-order valence-corrected chi connectivity index (χ0v) is 15.0. The van der Waals surface area contributed by atoms with Crippen LogP contribution in [-0.4, -0.2) is 70.9 Å². The minimum absolute atomic E-state index is 0.238. The van der Waals surface area contributed by atoms with Crippen LogP contribution in [0.25, 0.3) is 0 Å². The molecule has 25 heavy (non-hydrogen) atoms. The van der Waals surface area contributed by atoms with Crippen LogP contribution in [0.2, 0.25) is 0 Å². The normalized spacial score (nSPS) is 30.2. The number of ether oxygens (including phenoxy) is 2. The lowest BCUT2D eigenvalue weighted by atomic mass is 9.99. The van der Waals surface area contributed by atoms with Crippen LogP contribution < -0.4 is 5.73 Å². The Morgan fingerprint density at radius 2 is 1.48 bits per heavy atom. The molecule has 6 N–H and O–H groups in total. The molecule has 0 aliphatic carbocycles. The number of hydrogen-bond acceptors (Lipinski definition) is 7. The van der Waals surface area contributed by atoms with Crippen molar-refractivity contribution in [2.75, 3.05) is 19.8 Å². The quantitative estimate of drug-likeness (QED) is 0.238. The third-order valence-corrected chi connectivity index (χ3v) is 4.45. The van der Waals surface area contributed by atoms with Gasteiger partial charge in [-0.1, -0.05) is 44.3 Å². The summed E-state index contributed by atoms with van der Waals surface area (Å²) < 4.78 is 10.6. The minimum Gasteiger partial charge on any atom is -0.394 e. The standard InChI is InChI=1S/C18H35NO6/c19-11-9-7-5-3-1-2-4-6-8-10-12-24-18-17(23)16(22)15(21)14(13-20)25-18/h8,10,14-18,20-23H,1-7,9,11-13,19H2/b10-8+/t14?,15-,16-,17?,18+/m0/s1. The fraction of sp³-hybridized carbons (Fsp3) is 0.889. The first-order valence-corrected chi connectivity index (χ1v) is 9.39. The summed E-state index contributed by atoms with van der Waals surface area (Å²) in [6, 6.07) is 0. The van der Waals surface area contributed by atoms with Crippen molar-refractivity contribution < 1.29 is 29.9 Å². The third kappa shape index (κ3) is 8.59. The zero-order chi connectivity index (χ0) is 18.5. The molecule has 148 valence electrons. The van der Waals surface area contributed by atoms with Crippen molar-refractivity contribution in [3.8, 4) is 0 Å². The summed E-state index contributed by atoms with van der Waals surface area (Å²) in [5.41, 5.74) is 5.46. The topological polar surface area (TPSA) is 125 Å². The van der Waals surface area contributed by atoms with E-state index in [1.54, 1.807) is 0 Å². The van der Waals surface area contributed by atoms with Crippen LogP contribution in [-0.2, 0) is 9.47 Å². The van der Waals surface area contributed by atoms with Gasteiger partial charge in [0.25, 0.3) is 0 Å². The molecule has 5 atom stereocenters. The summed E-state index contributed by atoms with van der Waals surface area (Å²) in [5.74, 6) is 0. The number of rotatable bonds is 13. The molecule has 0 saturated carbocycles. The largest absolute Gasteiger partial charge is 0.394 e. The Labute approximate surface area is 150 Å². The van der Waals surface area contributed by atoms with E-state index in [1.165, 1.54) is 32.1 Å². The molecule has 7 nitrogen and oxygen atoms in total. The molecular formula is C18H35NO6. The average Bonchev–Trinajstić information content (AvgIpc) is 2.62. The SMILES string of the molecule is NCCCCCCCCC/C=C/CO[C@@H]1OC(CO)[C@H](O)[C@H](O)C1O. The van der Waals surface area contributed by atoms with Gasteiger partial charge in [-0.3, -0.25) is 0 Å². The molecule has 0 spiro atoms. The van der Waals surface area contributed by atoms with Crippen LogP contribution in [0.3, 0.4) is 0 Å². The van der Waals surface area contributed by atoms with E-state index in [0.717, 1.165) is 25.8 Å². The Morgan fingerprint density at radius 3 is 2.12 bits per heavy atom. The van der Waals surface area contributed by atoms with Gasteiger partial charge in [0, 0.05) is 0 Å². The summed E-state index contributed by atoms with van der Waals surface area (Å²) in [6.07, 6.45) is 7.23. The van der Waals surface area contributed by atoms with Crippen molar-refractivity contribution in [3.63, 3.8) is 0 Å². The van der Waals surface area contributed by atoms with E-state index in [1.807, 2.05) is 12.2 Å². The van der Waals surface area contributed by atoms with Gasteiger partial charge in [-0.05, 0) is 25.8 Å². The number of nitrogens with two attached hydrogens (primary N) is 1. The zero-order valence-electron chi connectivity index (χ0n) is 15.0. The van der Waals surface area contributed by atoms with E-state index in [-0.39, 0.29) is 6.61 Å². The number of allylic oxidation sites excluding steroid dienone is 1. The summed E-state index contributed by atoms with van der Waals surface area (Å²) in [7, 11) is 0. The van der Waals surface area contributed by atoms with Gasteiger partial charge in [0.05, 0.1) is 13.2 Å². The highest BCUT2D eigenvalue weighted by Crippen LogP contribution is 2.21. The van der Waals surface area contributed by atoms with Gasteiger partial charge in [-0.2, -0.15) is 0 Å². The van der Waals surface area contributed by atoms with Gasteiger partial charge in [0.1, 0.15) is 24.4 Å². The molecule has 2 unspecified atom stereocenters. The second kappa shape index (κ2) is 13.6. The monoisotopic (exact) mass is 361 g/mol. The smallest absolute Gasteiger partial charge is 0.187 e. The molecule has 1 fully saturated rings. The van der Waals surface area contributed by atoms with E-state index < -0.39 is 37.3 Å². The summed E-state index contributed by atoms with van der Waals surface area (Å²) >= 11 is 0. The van der Waals surface area contributed by atoms with Gasteiger partial charge in [0.2, 0.25) is 0 Å². The van der Waals surface area contributed by atoms with E-state index in [2.05, 4.69) is 0 Å². The van der Waals surface area contributed by atoms with Crippen molar-refractivity contribution in [3.05, 3.63) is 12.2 Å². The maximum Gasteiger partial charge on any atom is 0.187 e. The van der Waals surface area contributed by atoms with Crippen LogP contribution in [0, 0.1) is 0 Å². The first kappa shape index (κ1) is 22.5. The van der Waals surface area contributed by atoms with Crippen LogP contribution in [0.5, 0.6) is 0 Å². The van der Waals surface area contributed by atoms with Gasteiger partial charge >= 0.3 is 0 Å². The van der Waals surface area contributed by atoms with E-state index in [4.69, 9.17) is 20.3 Å². The number of unbranched alkanes of at least 4 members (excludes halogenated alkanes) is 7. The third-order valence-electron chi connectivity index (χ3n) is 4.45. The predicted octanol–water partition coefficient (Wildman–Crippen LogP) is 0.439. The minimum atomic E-state index is -1.40. The molecule has 7 heteroatoms. The fourth-order valence-corrected chi connectivity index (χ4v) is 2.83. The van der Waals surface area contributed by atoms with E-state index in [9.17, 15) is 15.3 Å². The summed E-state index contributed by atoms with van der Waals surface area (Å²) in [6.45, 7) is 0.574. The second-order valence-corrected chi connectivity index (χ2v) is 6.55. The van der Waals surface area contributed by atoms with Gasteiger partial charge in [-0.25, -0.2) is 0 Å². The lowest BCUT2D eigenvalue weighted by Crippen LogP contribution is -2.59. The molecule has 0 aromatic heterocycles. The lowest BCUT2D eigenvalue weighted by Gasteiger charge is -2.39. The average molecular weight is 361 g/mol. The number of aliphatic hydroxyl groups is 4. The molecule has 0 aromatic rings. The number of hydrogen-bond donors (Lipinski definition) is 5. The molecule has 0 radical (unpaired) electrons. The highest BCUT2D eigenvalue weighted by atomic mass is 16.7. The molecule has 0 aromatic carbocycles. The fourth-order valence-electron chi connectivity index (χ4n) is 2.83. The maximum absolute atomic E-state index is 9.83. The van der Waals surface area contributed by atoms with E-state index >= 15 is 0 Å². The first-order valence-electron chi connectivity index (χ1n) is 9.39. The van der Waals surface area contributed by atoms with Crippen molar-refractivity contribution >= 4 is 0 Å². The van der Waals surface area contributed by atoms with Crippen LogP contribution >= 0.6 is 0 Å². The molecule has 1 aliphatic heterocycles.